The van der Waals surface area contributed by atoms with Crippen molar-refractivity contribution >= 4 is 5.91 Å². The molecule has 3 heterocycles. The molecule has 0 aliphatic carbocycles. The highest BCUT2D eigenvalue weighted by Gasteiger charge is 2.30. The van der Waals surface area contributed by atoms with Gasteiger partial charge in [-0.25, -0.2) is 4.68 Å². The topological polar surface area (TPSA) is 46.3 Å². The molecule has 1 saturated heterocycles. The highest BCUT2D eigenvalue weighted by atomic mass is 16.2. The van der Waals surface area contributed by atoms with Gasteiger partial charge in [0.05, 0.1) is 17.4 Å². The summed E-state index contributed by atoms with van der Waals surface area (Å²) in [5.41, 5.74) is 8.13. The van der Waals surface area contributed by atoms with E-state index in [0.29, 0.717) is 18.8 Å². The molecule has 0 N–H and O–H groups in total. The van der Waals surface area contributed by atoms with Gasteiger partial charge in [-0.2, -0.15) is 5.10 Å². The number of benzene rings is 3. The Balaban J connectivity index is 1.29. The second kappa shape index (κ2) is 11.0. The lowest BCUT2D eigenvalue weighted by Crippen LogP contribution is -2.50. The predicted molar refractivity (Wildman–Crippen MR) is 160 cm³/mol. The van der Waals surface area contributed by atoms with E-state index < -0.39 is 0 Å². The van der Waals surface area contributed by atoms with Gasteiger partial charge in [0.15, 0.2) is 0 Å². The van der Waals surface area contributed by atoms with Gasteiger partial charge in [0.2, 0.25) is 0 Å². The average molecular weight is 530 g/mol. The molecule has 3 aromatic carbocycles. The van der Waals surface area contributed by atoms with E-state index >= 15 is 0 Å². The molecule has 0 spiro atoms. The molecule has 5 aromatic rings. The Bertz CT molecular complexity index is 1570. The first kappa shape index (κ1) is 25.8. The van der Waals surface area contributed by atoms with Crippen LogP contribution in [0, 0.1) is 13.8 Å². The van der Waals surface area contributed by atoms with Crippen molar-refractivity contribution in [2.45, 2.75) is 19.9 Å². The molecule has 6 rings (SSSR count). The van der Waals surface area contributed by atoms with Crippen LogP contribution in [-0.2, 0) is 7.05 Å². The molecule has 1 aliphatic heterocycles. The first-order chi connectivity index (χ1) is 19.5. The van der Waals surface area contributed by atoms with Crippen LogP contribution < -0.4 is 0 Å². The molecule has 1 fully saturated rings. The molecule has 0 unspecified atom stereocenters. The summed E-state index contributed by atoms with van der Waals surface area (Å²) < 4.78 is 3.87. The van der Waals surface area contributed by atoms with Gasteiger partial charge in [-0.05, 0) is 54.8 Å². The second-order valence-corrected chi connectivity index (χ2v) is 10.7. The minimum atomic E-state index is 0.0172. The Morgan fingerprint density at radius 3 is 2.00 bits per heavy atom. The fraction of sp³-hybridized carbons (Fsp3) is 0.235. The molecule has 0 bridgehead atoms. The molecule has 0 atom stereocenters. The summed E-state index contributed by atoms with van der Waals surface area (Å²) in [5, 5.41) is 4.95. The van der Waals surface area contributed by atoms with Gasteiger partial charge in [0.1, 0.15) is 11.4 Å². The van der Waals surface area contributed by atoms with E-state index in [-0.39, 0.29) is 11.9 Å². The lowest BCUT2D eigenvalue weighted by molar-refractivity contribution is 0.0588. The van der Waals surface area contributed by atoms with Crippen LogP contribution >= 0.6 is 0 Å². The Hall–Kier alpha value is -4.42. The number of hydrogen-bond acceptors (Lipinski definition) is 3. The largest absolute Gasteiger partial charge is 0.349 e. The molecule has 0 radical (unpaired) electrons. The molecule has 6 nitrogen and oxygen atoms in total. The fourth-order valence-electron chi connectivity index (χ4n) is 5.84. The zero-order chi connectivity index (χ0) is 27.6. The van der Waals surface area contributed by atoms with Crippen molar-refractivity contribution in [3.05, 3.63) is 131 Å². The van der Waals surface area contributed by atoms with Crippen LogP contribution in [0.5, 0.6) is 0 Å². The zero-order valence-electron chi connectivity index (χ0n) is 23.4. The second-order valence-electron chi connectivity index (χ2n) is 10.7. The van der Waals surface area contributed by atoms with Crippen LogP contribution in [0.15, 0.2) is 103 Å². The molecule has 1 amide bonds. The Morgan fingerprint density at radius 2 is 1.43 bits per heavy atom. The molecular weight excluding hydrogens is 494 g/mol. The lowest BCUT2D eigenvalue weighted by atomic mass is 9.96. The Labute approximate surface area is 236 Å². The summed E-state index contributed by atoms with van der Waals surface area (Å²) in [5.74, 6) is 0.0172. The monoisotopic (exact) mass is 529 g/mol. The third-order valence-corrected chi connectivity index (χ3v) is 7.91. The van der Waals surface area contributed by atoms with Gasteiger partial charge < -0.3 is 9.47 Å². The Morgan fingerprint density at radius 1 is 0.775 bits per heavy atom. The smallest absolute Gasteiger partial charge is 0.272 e. The van der Waals surface area contributed by atoms with E-state index in [4.69, 9.17) is 5.10 Å². The number of hydrogen-bond donors (Lipinski definition) is 0. The molecule has 1 aliphatic rings. The minimum absolute atomic E-state index is 0.0172. The highest BCUT2D eigenvalue weighted by molar-refractivity contribution is 5.94. The molecule has 2 aromatic heterocycles. The van der Waals surface area contributed by atoms with Gasteiger partial charge in [-0.3, -0.25) is 9.69 Å². The van der Waals surface area contributed by atoms with Crippen molar-refractivity contribution in [2.24, 2.45) is 7.05 Å². The van der Waals surface area contributed by atoms with Crippen LogP contribution in [-0.4, -0.2) is 56.2 Å². The SMILES string of the molecule is Cc1ccc(-n2nc(-c3cccn3C)cc2C(=O)N2CCN(C(c3ccccc3)c3ccccc3)CC2)c(C)c1. The lowest BCUT2D eigenvalue weighted by Gasteiger charge is -2.39. The normalized spacial score (nSPS) is 14.2. The summed E-state index contributed by atoms with van der Waals surface area (Å²) in [7, 11) is 2.00. The molecule has 40 heavy (non-hydrogen) atoms. The van der Waals surface area contributed by atoms with Crippen molar-refractivity contribution < 1.29 is 4.79 Å². The van der Waals surface area contributed by atoms with E-state index in [9.17, 15) is 4.79 Å². The molecule has 202 valence electrons. The third kappa shape index (κ3) is 4.98. The number of nitrogens with zero attached hydrogens (tertiary/aromatic N) is 5. The van der Waals surface area contributed by atoms with E-state index in [1.54, 1.807) is 0 Å². The van der Waals surface area contributed by atoms with Crippen LogP contribution in [0.3, 0.4) is 0 Å². The number of carbonyl (C=O) groups excluding carboxylic acids is 1. The van der Waals surface area contributed by atoms with Crippen molar-refractivity contribution in [3.8, 4) is 17.1 Å². The fourth-order valence-corrected chi connectivity index (χ4v) is 5.84. The number of aromatic nitrogens is 3. The van der Waals surface area contributed by atoms with Crippen LogP contribution in [0.4, 0.5) is 0 Å². The average Bonchev–Trinajstić information content (AvgIpc) is 3.61. The molecular formula is C34H35N5O. The quantitative estimate of drug-likeness (QED) is 0.269. The molecule has 6 heteroatoms. The molecule has 0 saturated carbocycles. The first-order valence-corrected chi connectivity index (χ1v) is 13.9. The first-order valence-electron chi connectivity index (χ1n) is 13.9. The number of aryl methyl sites for hydroxylation is 3. The van der Waals surface area contributed by atoms with Gasteiger partial charge >= 0.3 is 0 Å². The summed E-state index contributed by atoms with van der Waals surface area (Å²) >= 11 is 0. The highest BCUT2D eigenvalue weighted by Crippen LogP contribution is 2.30. The van der Waals surface area contributed by atoms with Gasteiger partial charge in [0, 0.05) is 39.4 Å². The van der Waals surface area contributed by atoms with E-state index in [0.717, 1.165) is 35.7 Å². The summed E-state index contributed by atoms with van der Waals surface area (Å²) in [6.45, 7) is 7.07. The zero-order valence-corrected chi connectivity index (χ0v) is 23.4. The van der Waals surface area contributed by atoms with Crippen molar-refractivity contribution in [3.63, 3.8) is 0 Å². The van der Waals surface area contributed by atoms with E-state index in [1.807, 2.05) is 45.6 Å². The van der Waals surface area contributed by atoms with Crippen LogP contribution in [0.1, 0.15) is 38.8 Å². The van der Waals surface area contributed by atoms with Crippen molar-refractivity contribution in [1.29, 1.82) is 0 Å². The summed E-state index contributed by atoms with van der Waals surface area (Å²) in [6.07, 6.45) is 2.00. The summed E-state index contributed by atoms with van der Waals surface area (Å²) in [6, 6.07) is 33.7. The van der Waals surface area contributed by atoms with Crippen molar-refractivity contribution in [2.75, 3.05) is 26.2 Å². The maximum atomic E-state index is 14.1. The van der Waals surface area contributed by atoms with Crippen LogP contribution in [0.2, 0.25) is 0 Å². The number of carbonyl (C=O) groups is 1. The number of rotatable bonds is 6. The third-order valence-electron chi connectivity index (χ3n) is 7.91. The van der Waals surface area contributed by atoms with Gasteiger partial charge in [-0.1, -0.05) is 78.4 Å². The minimum Gasteiger partial charge on any atom is -0.349 e. The van der Waals surface area contributed by atoms with Crippen molar-refractivity contribution in [1.82, 2.24) is 24.1 Å². The number of amides is 1. The summed E-state index contributed by atoms with van der Waals surface area (Å²) in [4.78, 5) is 18.6. The maximum absolute atomic E-state index is 14.1. The Kier molecular flexibility index (Phi) is 7.10. The maximum Gasteiger partial charge on any atom is 0.272 e. The van der Waals surface area contributed by atoms with Crippen LogP contribution in [0.25, 0.3) is 17.1 Å². The van der Waals surface area contributed by atoms with E-state index in [2.05, 4.69) is 97.6 Å². The number of piperazine rings is 1. The van der Waals surface area contributed by atoms with Gasteiger partial charge in [-0.15, -0.1) is 0 Å². The van der Waals surface area contributed by atoms with E-state index in [1.165, 1.54) is 16.7 Å². The predicted octanol–water partition coefficient (Wildman–Crippen LogP) is 6.04. The standard InChI is InChI=1S/C34H35N5O/c1-25-16-17-30(26(2)23-25)39-32(24-29(35-39)31-15-10-18-36(31)3)34(40)38-21-19-37(20-22-38)33(27-11-6-4-7-12-27)28-13-8-5-9-14-28/h4-18,23-24,33H,19-22H2,1-3H3. The van der Waals surface area contributed by atoms with Gasteiger partial charge in [0.25, 0.3) is 5.91 Å².